The molecule has 1 aliphatic carbocycles. The van der Waals surface area contributed by atoms with Crippen molar-refractivity contribution >= 4 is 29.2 Å². The Morgan fingerprint density at radius 1 is 0.973 bits per heavy atom. The number of rotatable bonds is 5. The van der Waals surface area contributed by atoms with Crippen LogP contribution in [0.1, 0.15) is 34.7 Å². The fourth-order valence-electron chi connectivity index (χ4n) is 5.18. The molecule has 0 saturated carbocycles. The normalized spacial score (nSPS) is 16.7. The molecule has 2 aliphatic rings. The molecule has 6 heteroatoms. The van der Waals surface area contributed by atoms with Gasteiger partial charge in [-0.05, 0) is 53.8 Å². The Labute approximate surface area is 219 Å². The molecule has 6 rings (SSSR count). The highest BCUT2D eigenvalue weighted by atomic mass is 32.1. The SMILES string of the molecule is COc1ccc(OC)c([C@@H]2C3=C(N=c4sc(=C/C=C/c5ccccc5)c(=O)n42)c2ccccc2CC3)c1. The molecule has 1 aliphatic heterocycles. The molecule has 3 aromatic carbocycles. The fourth-order valence-corrected chi connectivity index (χ4v) is 6.13. The molecular formula is C31H26N2O3S. The molecule has 37 heavy (non-hydrogen) atoms. The molecule has 0 spiro atoms. The van der Waals surface area contributed by atoms with E-state index in [1.807, 2.05) is 71.3 Å². The molecule has 0 amide bonds. The van der Waals surface area contributed by atoms with E-state index < -0.39 is 0 Å². The Kier molecular flexibility index (Phi) is 6.10. The average Bonchev–Trinajstić information content (AvgIpc) is 3.26. The summed E-state index contributed by atoms with van der Waals surface area (Å²) in [4.78, 5) is 19.6. The summed E-state index contributed by atoms with van der Waals surface area (Å²) in [5.41, 5.74) is 6.44. The lowest BCUT2D eigenvalue weighted by molar-refractivity contribution is 0.392. The van der Waals surface area contributed by atoms with Crippen LogP contribution in [0.15, 0.2) is 94.2 Å². The minimum atomic E-state index is -0.329. The van der Waals surface area contributed by atoms with E-state index in [-0.39, 0.29) is 11.6 Å². The van der Waals surface area contributed by atoms with Crippen molar-refractivity contribution in [3.63, 3.8) is 0 Å². The van der Waals surface area contributed by atoms with Crippen LogP contribution in [-0.2, 0) is 6.42 Å². The first kappa shape index (κ1) is 23.3. The van der Waals surface area contributed by atoms with Gasteiger partial charge in [0, 0.05) is 11.1 Å². The quantitative estimate of drug-likeness (QED) is 0.383. The summed E-state index contributed by atoms with van der Waals surface area (Å²) in [6.07, 6.45) is 7.53. The minimum Gasteiger partial charge on any atom is -0.497 e. The Bertz CT molecular complexity index is 1730. The average molecular weight is 507 g/mol. The second-order valence-corrected chi connectivity index (χ2v) is 10.0. The Hall–Kier alpha value is -4.16. The van der Waals surface area contributed by atoms with Crippen molar-refractivity contribution in [1.82, 2.24) is 4.57 Å². The monoisotopic (exact) mass is 506 g/mol. The number of allylic oxidation sites excluding steroid dienone is 2. The van der Waals surface area contributed by atoms with Crippen LogP contribution in [0.2, 0.25) is 0 Å². The zero-order valence-electron chi connectivity index (χ0n) is 20.7. The molecule has 2 heterocycles. The molecule has 1 atom stereocenters. The number of aromatic nitrogens is 1. The highest BCUT2D eigenvalue weighted by molar-refractivity contribution is 7.07. The molecule has 4 aromatic rings. The Morgan fingerprint density at radius 3 is 2.59 bits per heavy atom. The predicted octanol–water partition coefficient (Wildman–Crippen LogP) is 5.00. The van der Waals surface area contributed by atoms with Crippen LogP contribution in [0, 0.1) is 0 Å². The van der Waals surface area contributed by atoms with Crippen LogP contribution in [0.5, 0.6) is 11.5 Å². The first-order valence-corrected chi connectivity index (χ1v) is 13.1. The minimum absolute atomic E-state index is 0.0539. The number of fused-ring (bicyclic) bond motifs is 3. The molecule has 0 unspecified atom stereocenters. The van der Waals surface area contributed by atoms with Gasteiger partial charge in [-0.2, -0.15) is 0 Å². The lowest BCUT2D eigenvalue weighted by Gasteiger charge is -2.31. The largest absolute Gasteiger partial charge is 0.497 e. The van der Waals surface area contributed by atoms with Crippen molar-refractivity contribution in [1.29, 1.82) is 0 Å². The van der Waals surface area contributed by atoms with Crippen molar-refractivity contribution < 1.29 is 9.47 Å². The summed E-state index contributed by atoms with van der Waals surface area (Å²) in [5.74, 6) is 1.44. The molecule has 1 aromatic heterocycles. The van der Waals surface area contributed by atoms with E-state index in [2.05, 4.69) is 24.3 Å². The fraction of sp³-hybridized carbons (Fsp3) is 0.161. The number of aryl methyl sites for hydroxylation is 1. The number of thiazole rings is 1. The first-order chi connectivity index (χ1) is 18.2. The van der Waals surface area contributed by atoms with Crippen molar-refractivity contribution in [2.45, 2.75) is 18.9 Å². The Morgan fingerprint density at radius 2 is 1.78 bits per heavy atom. The van der Waals surface area contributed by atoms with E-state index in [1.165, 1.54) is 16.9 Å². The summed E-state index contributed by atoms with van der Waals surface area (Å²) in [6, 6.07) is 23.9. The number of benzene rings is 3. The van der Waals surface area contributed by atoms with Crippen LogP contribution in [0.3, 0.4) is 0 Å². The number of hydrogen-bond donors (Lipinski definition) is 0. The standard InChI is InChI=1S/C31H26N2O3S/c1-35-22-16-18-26(36-2)25(19-22)29-24-17-15-21-12-6-7-13-23(21)28(24)32-31-33(29)30(34)27(37-31)14-8-11-20-9-4-3-5-10-20/h3-14,16,18-19,29H,15,17H2,1-2H3/b11-8+,27-14?/t29-/m0/s1. The van der Waals surface area contributed by atoms with Gasteiger partial charge in [-0.1, -0.05) is 78.1 Å². The molecule has 0 saturated heterocycles. The van der Waals surface area contributed by atoms with E-state index in [0.717, 1.165) is 52.3 Å². The summed E-state index contributed by atoms with van der Waals surface area (Å²) >= 11 is 1.42. The van der Waals surface area contributed by atoms with E-state index >= 15 is 0 Å². The predicted molar refractivity (Wildman–Crippen MR) is 149 cm³/mol. The third-order valence-corrected chi connectivity index (χ3v) is 7.94. The summed E-state index contributed by atoms with van der Waals surface area (Å²) in [6.45, 7) is 0. The highest BCUT2D eigenvalue weighted by Gasteiger charge is 2.34. The Balaban J connectivity index is 1.58. The summed E-state index contributed by atoms with van der Waals surface area (Å²) in [7, 11) is 3.31. The highest BCUT2D eigenvalue weighted by Crippen LogP contribution is 2.44. The molecule has 0 fully saturated rings. The van der Waals surface area contributed by atoms with Crippen LogP contribution < -0.4 is 24.4 Å². The van der Waals surface area contributed by atoms with Gasteiger partial charge in [-0.3, -0.25) is 9.36 Å². The van der Waals surface area contributed by atoms with E-state index in [4.69, 9.17) is 14.5 Å². The van der Waals surface area contributed by atoms with Crippen molar-refractivity contribution in [3.8, 4) is 11.5 Å². The second kappa shape index (κ2) is 9.71. The zero-order valence-corrected chi connectivity index (χ0v) is 21.5. The smallest absolute Gasteiger partial charge is 0.271 e. The van der Waals surface area contributed by atoms with Gasteiger partial charge in [0.15, 0.2) is 4.80 Å². The van der Waals surface area contributed by atoms with Gasteiger partial charge >= 0.3 is 0 Å². The van der Waals surface area contributed by atoms with Gasteiger partial charge in [-0.25, -0.2) is 4.99 Å². The van der Waals surface area contributed by atoms with E-state index in [0.29, 0.717) is 9.33 Å². The third-order valence-electron chi connectivity index (χ3n) is 6.94. The first-order valence-electron chi connectivity index (χ1n) is 12.2. The molecule has 5 nitrogen and oxygen atoms in total. The van der Waals surface area contributed by atoms with Gasteiger partial charge in [-0.15, -0.1) is 0 Å². The number of methoxy groups -OCH3 is 2. The van der Waals surface area contributed by atoms with E-state index in [9.17, 15) is 4.79 Å². The van der Waals surface area contributed by atoms with Gasteiger partial charge in [0.05, 0.1) is 30.5 Å². The second-order valence-electron chi connectivity index (χ2n) is 9.01. The maximum absolute atomic E-state index is 13.9. The molecule has 0 radical (unpaired) electrons. The number of hydrogen-bond acceptors (Lipinski definition) is 5. The van der Waals surface area contributed by atoms with Crippen molar-refractivity contribution in [3.05, 3.63) is 126 Å². The molecule has 0 N–H and O–H groups in total. The van der Waals surface area contributed by atoms with Crippen LogP contribution in [0.25, 0.3) is 17.8 Å². The summed E-state index contributed by atoms with van der Waals surface area (Å²) < 4.78 is 13.8. The van der Waals surface area contributed by atoms with Crippen LogP contribution in [-0.4, -0.2) is 18.8 Å². The van der Waals surface area contributed by atoms with Gasteiger partial charge in [0.25, 0.3) is 5.56 Å². The van der Waals surface area contributed by atoms with E-state index in [1.54, 1.807) is 14.2 Å². The topological polar surface area (TPSA) is 52.8 Å². The zero-order chi connectivity index (χ0) is 25.4. The molecule has 184 valence electrons. The lowest BCUT2D eigenvalue weighted by atomic mass is 9.83. The van der Waals surface area contributed by atoms with Crippen molar-refractivity contribution in [2.75, 3.05) is 14.2 Å². The third kappa shape index (κ3) is 4.13. The van der Waals surface area contributed by atoms with Crippen LogP contribution in [0.4, 0.5) is 0 Å². The van der Waals surface area contributed by atoms with Gasteiger partial charge < -0.3 is 9.47 Å². The molecule has 0 bridgehead atoms. The maximum Gasteiger partial charge on any atom is 0.271 e. The lowest BCUT2D eigenvalue weighted by Crippen LogP contribution is -2.38. The summed E-state index contributed by atoms with van der Waals surface area (Å²) in [5, 5.41) is 0. The van der Waals surface area contributed by atoms with Gasteiger partial charge in [0.1, 0.15) is 11.5 Å². The maximum atomic E-state index is 13.9. The number of nitrogens with zero attached hydrogens (tertiary/aromatic N) is 2. The number of ether oxygens (including phenoxy) is 2. The van der Waals surface area contributed by atoms with Gasteiger partial charge in [0.2, 0.25) is 0 Å². The van der Waals surface area contributed by atoms with Crippen LogP contribution >= 0.6 is 11.3 Å². The molecular weight excluding hydrogens is 480 g/mol. The van der Waals surface area contributed by atoms with Crippen molar-refractivity contribution in [2.24, 2.45) is 4.99 Å².